The molecule has 0 spiro atoms. The van der Waals surface area contributed by atoms with E-state index in [1.807, 2.05) is 11.8 Å². The highest BCUT2D eigenvalue weighted by Crippen LogP contribution is 2.40. The summed E-state index contributed by atoms with van der Waals surface area (Å²) in [7, 11) is 0. The van der Waals surface area contributed by atoms with Crippen molar-refractivity contribution in [1.29, 1.82) is 0 Å². The summed E-state index contributed by atoms with van der Waals surface area (Å²) in [5.74, 6) is -1.55. The molecule has 3 rings (SSSR count). The van der Waals surface area contributed by atoms with Crippen LogP contribution in [-0.4, -0.2) is 57.9 Å². The molecule has 6 nitrogen and oxygen atoms in total. The Labute approximate surface area is 127 Å². The zero-order valence-corrected chi connectivity index (χ0v) is 12.8. The molecule has 7 heteroatoms. The van der Waals surface area contributed by atoms with E-state index in [1.54, 1.807) is 11.3 Å². The van der Waals surface area contributed by atoms with Gasteiger partial charge in [0, 0.05) is 38.1 Å². The van der Waals surface area contributed by atoms with E-state index in [4.69, 9.17) is 5.11 Å². The van der Waals surface area contributed by atoms with Gasteiger partial charge in [0.05, 0.1) is 22.5 Å². The molecule has 21 heavy (non-hydrogen) atoms. The van der Waals surface area contributed by atoms with E-state index >= 15 is 0 Å². The second kappa shape index (κ2) is 5.73. The molecule has 1 aliphatic carbocycles. The van der Waals surface area contributed by atoms with Crippen molar-refractivity contribution in [3.8, 4) is 0 Å². The molecule has 1 saturated heterocycles. The number of piperazine rings is 1. The number of carbonyl (C=O) groups excluding carboxylic acids is 1. The molecule has 2 fully saturated rings. The van der Waals surface area contributed by atoms with Gasteiger partial charge in [-0.2, -0.15) is 0 Å². The molecule has 1 saturated carbocycles. The zero-order valence-electron chi connectivity index (χ0n) is 12.0. The summed E-state index contributed by atoms with van der Waals surface area (Å²) in [5.41, 5.74) is 1.09. The minimum Gasteiger partial charge on any atom is -0.481 e. The van der Waals surface area contributed by atoms with Crippen LogP contribution in [0.5, 0.6) is 0 Å². The number of thiazole rings is 1. The van der Waals surface area contributed by atoms with Crippen molar-refractivity contribution in [2.24, 2.45) is 11.8 Å². The van der Waals surface area contributed by atoms with Crippen LogP contribution in [0.4, 0.5) is 0 Å². The fourth-order valence-electron chi connectivity index (χ4n) is 2.81. The second-order valence-corrected chi connectivity index (χ2v) is 6.81. The number of carboxylic acid groups (broad SMARTS) is 1. The summed E-state index contributed by atoms with van der Waals surface area (Å²) in [5, 5.41) is 12.0. The Balaban J connectivity index is 1.47. The minimum absolute atomic E-state index is 0.0200. The maximum absolute atomic E-state index is 12.2. The summed E-state index contributed by atoms with van der Waals surface area (Å²) in [6.07, 6.45) is 0.506. The van der Waals surface area contributed by atoms with Gasteiger partial charge in [-0.15, -0.1) is 11.3 Å². The molecule has 1 aromatic heterocycles. The smallest absolute Gasteiger partial charge is 0.307 e. The van der Waals surface area contributed by atoms with Crippen molar-refractivity contribution in [3.05, 3.63) is 16.1 Å². The van der Waals surface area contributed by atoms with Crippen LogP contribution in [0.3, 0.4) is 0 Å². The van der Waals surface area contributed by atoms with Crippen molar-refractivity contribution in [3.63, 3.8) is 0 Å². The lowest BCUT2D eigenvalue weighted by molar-refractivity contribution is -0.142. The Kier molecular flexibility index (Phi) is 3.95. The maximum atomic E-state index is 12.2. The summed E-state index contributed by atoms with van der Waals surface area (Å²) in [6.45, 7) is 5.85. The van der Waals surface area contributed by atoms with E-state index in [1.165, 1.54) is 0 Å². The lowest BCUT2D eigenvalue weighted by Gasteiger charge is -2.34. The van der Waals surface area contributed by atoms with Crippen LogP contribution in [0.15, 0.2) is 5.38 Å². The van der Waals surface area contributed by atoms with Crippen LogP contribution in [0.25, 0.3) is 0 Å². The van der Waals surface area contributed by atoms with Gasteiger partial charge in [-0.05, 0) is 13.3 Å². The van der Waals surface area contributed by atoms with Gasteiger partial charge in [0.25, 0.3) is 0 Å². The number of hydrogen-bond acceptors (Lipinski definition) is 5. The maximum Gasteiger partial charge on any atom is 0.307 e. The first-order valence-electron chi connectivity index (χ1n) is 7.19. The standard InChI is InChI=1S/C14H19N3O3S/c1-9-15-10(8-21-9)7-16-2-4-17(5-3-16)13(18)11-6-12(11)14(19)20/h8,11-12H,2-7H2,1H3,(H,19,20). The Morgan fingerprint density at radius 1 is 1.33 bits per heavy atom. The van der Waals surface area contributed by atoms with Crippen LogP contribution in [0, 0.1) is 18.8 Å². The first-order chi connectivity index (χ1) is 10.0. The summed E-state index contributed by atoms with van der Waals surface area (Å²) in [4.78, 5) is 31.6. The first kappa shape index (κ1) is 14.5. The highest BCUT2D eigenvalue weighted by Gasteiger charge is 2.49. The van der Waals surface area contributed by atoms with E-state index < -0.39 is 11.9 Å². The monoisotopic (exact) mass is 309 g/mol. The van der Waals surface area contributed by atoms with Crippen molar-refractivity contribution in [1.82, 2.24) is 14.8 Å². The molecule has 0 radical (unpaired) electrons. The SMILES string of the molecule is Cc1nc(CN2CCN(C(=O)C3CC3C(=O)O)CC2)cs1. The van der Waals surface area contributed by atoms with Gasteiger partial charge in [-0.1, -0.05) is 0 Å². The van der Waals surface area contributed by atoms with Gasteiger partial charge < -0.3 is 10.0 Å². The Morgan fingerprint density at radius 2 is 2.05 bits per heavy atom. The predicted octanol–water partition coefficient (Wildman–Crippen LogP) is 0.816. The molecule has 1 N–H and O–H groups in total. The van der Waals surface area contributed by atoms with Crippen molar-refractivity contribution >= 4 is 23.2 Å². The molecular formula is C14H19N3O3S. The highest BCUT2D eigenvalue weighted by atomic mass is 32.1. The van der Waals surface area contributed by atoms with E-state index in [9.17, 15) is 9.59 Å². The fourth-order valence-corrected chi connectivity index (χ4v) is 3.42. The van der Waals surface area contributed by atoms with Gasteiger partial charge in [-0.3, -0.25) is 14.5 Å². The minimum atomic E-state index is -0.842. The molecular weight excluding hydrogens is 290 g/mol. The number of aryl methyl sites for hydroxylation is 1. The molecule has 2 unspecified atom stereocenters. The van der Waals surface area contributed by atoms with Gasteiger partial charge in [-0.25, -0.2) is 4.98 Å². The average molecular weight is 309 g/mol. The van der Waals surface area contributed by atoms with E-state index in [0.29, 0.717) is 19.5 Å². The van der Waals surface area contributed by atoms with Crippen LogP contribution in [-0.2, 0) is 16.1 Å². The van der Waals surface area contributed by atoms with Gasteiger partial charge >= 0.3 is 5.97 Å². The Hall–Kier alpha value is -1.47. The van der Waals surface area contributed by atoms with Crippen LogP contribution in [0.2, 0.25) is 0 Å². The summed E-state index contributed by atoms with van der Waals surface area (Å²) < 4.78 is 0. The third-order valence-corrected chi connectivity index (χ3v) is 4.98. The predicted molar refractivity (Wildman–Crippen MR) is 77.9 cm³/mol. The molecule has 114 valence electrons. The summed E-state index contributed by atoms with van der Waals surface area (Å²) >= 11 is 1.66. The van der Waals surface area contributed by atoms with Crippen molar-refractivity contribution in [2.75, 3.05) is 26.2 Å². The normalized spacial score (nSPS) is 25.9. The fraction of sp³-hybridized carbons (Fsp3) is 0.643. The van der Waals surface area contributed by atoms with Crippen molar-refractivity contribution < 1.29 is 14.7 Å². The topological polar surface area (TPSA) is 73.7 Å². The van der Waals surface area contributed by atoms with E-state index in [2.05, 4.69) is 15.3 Å². The largest absolute Gasteiger partial charge is 0.481 e. The number of carbonyl (C=O) groups is 2. The number of carboxylic acids is 1. The average Bonchev–Trinajstić information content (AvgIpc) is 3.17. The number of amides is 1. The molecule has 1 aliphatic heterocycles. The second-order valence-electron chi connectivity index (χ2n) is 5.75. The van der Waals surface area contributed by atoms with Crippen LogP contribution >= 0.6 is 11.3 Å². The third-order valence-electron chi connectivity index (χ3n) is 4.16. The highest BCUT2D eigenvalue weighted by molar-refractivity contribution is 7.09. The van der Waals surface area contributed by atoms with Gasteiger partial charge in [0.15, 0.2) is 0 Å². The van der Waals surface area contributed by atoms with Gasteiger partial charge in [0.2, 0.25) is 5.91 Å². The zero-order chi connectivity index (χ0) is 15.0. The molecule has 2 heterocycles. The van der Waals surface area contributed by atoms with Crippen LogP contribution in [0.1, 0.15) is 17.1 Å². The molecule has 1 aromatic rings. The quantitative estimate of drug-likeness (QED) is 0.891. The lowest BCUT2D eigenvalue weighted by Crippen LogP contribution is -2.49. The number of nitrogens with zero attached hydrogens (tertiary/aromatic N) is 3. The summed E-state index contributed by atoms with van der Waals surface area (Å²) in [6, 6.07) is 0. The van der Waals surface area contributed by atoms with E-state index in [0.717, 1.165) is 30.3 Å². The number of rotatable bonds is 4. The molecule has 0 aromatic carbocycles. The molecule has 0 bridgehead atoms. The Morgan fingerprint density at radius 3 is 2.57 bits per heavy atom. The first-order valence-corrected chi connectivity index (χ1v) is 8.07. The number of hydrogen-bond donors (Lipinski definition) is 1. The Bertz CT molecular complexity index is 551. The molecule has 2 aliphatic rings. The van der Waals surface area contributed by atoms with E-state index in [-0.39, 0.29) is 11.8 Å². The van der Waals surface area contributed by atoms with Crippen molar-refractivity contribution in [2.45, 2.75) is 19.9 Å². The number of aromatic nitrogens is 1. The molecule has 2 atom stereocenters. The third kappa shape index (κ3) is 3.24. The number of aliphatic carboxylic acids is 1. The molecule has 1 amide bonds. The van der Waals surface area contributed by atoms with Crippen LogP contribution < -0.4 is 0 Å². The lowest BCUT2D eigenvalue weighted by atomic mass is 10.2. The van der Waals surface area contributed by atoms with Gasteiger partial charge in [0.1, 0.15) is 0 Å².